The van der Waals surface area contributed by atoms with Crippen molar-refractivity contribution in [3.05, 3.63) is 59.7 Å². The van der Waals surface area contributed by atoms with Gasteiger partial charge in [-0.25, -0.2) is 0 Å². The molecule has 7 heteroatoms. The fourth-order valence-electron chi connectivity index (χ4n) is 2.61. The number of hydrogen-bond donors (Lipinski definition) is 3. The normalized spacial score (nSPS) is 11.9. The van der Waals surface area contributed by atoms with Gasteiger partial charge in [-0.05, 0) is 55.7 Å². The number of nitrogens with one attached hydrogen (secondary N) is 2. The minimum absolute atomic E-state index is 0. The van der Waals surface area contributed by atoms with Crippen LogP contribution in [0.3, 0.4) is 0 Å². The van der Waals surface area contributed by atoms with Gasteiger partial charge < -0.3 is 25.2 Å². The quantitative estimate of drug-likeness (QED) is 0.259. The zero-order chi connectivity index (χ0) is 20.2. The molecular formula is C22H32IN3O3. The van der Waals surface area contributed by atoms with Gasteiger partial charge in [0.15, 0.2) is 5.96 Å². The van der Waals surface area contributed by atoms with Crippen LogP contribution in [0.25, 0.3) is 0 Å². The summed E-state index contributed by atoms with van der Waals surface area (Å²) in [6.07, 6.45) is 0.200. The highest BCUT2D eigenvalue weighted by Gasteiger charge is 2.06. The molecule has 1 atom stereocenters. The molecule has 2 aromatic rings. The van der Waals surface area contributed by atoms with E-state index >= 15 is 0 Å². The number of aliphatic hydroxyl groups is 1. The molecular weight excluding hydrogens is 481 g/mol. The second kappa shape index (κ2) is 14.1. The maximum Gasteiger partial charge on any atom is 0.191 e. The Bertz CT molecular complexity index is 738. The molecule has 29 heavy (non-hydrogen) atoms. The van der Waals surface area contributed by atoms with Crippen molar-refractivity contribution >= 4 is 29.9 Å². The van der Waals surface area contributed by atoms with Crippen LogP contribution < -0.4 is 20.1 Å². The van der Waals surface area contributed by atoms with Crippen molar-refractivity contribution in [3.8, 4) is 11.5 Å². The molecule has 0 amide bonds. The van der Waals surface area contributed by atoms with E-state index < -0.39 is 6.10 Å². The van der Waals surface area contributed by atoms with Gasteiger partial charge in [-0.1, -0.05) is 24.3 Å². The van der Waals surface area contributed by atoms with Crippen LogP contribution in [0.4, 0.5) is 0 Å². The van der Waals surface area contributed by atoms with Gasteiger partial charge >= 0.3 is 0 Å². The Morgan fingerprint density at radius 2 is 1.86 bits per heavy atom. The molecule has 0 saturated carbocycles. The van der Waals surface area contributed by atoms with Gasteiger partial charge in [-0.15, -0.1) is 24.0 Å². The van der Waals surface area contributed by atoms with E-state index in [1.165, 1.54) is 5.56 Å². The van der Waals surface area contributed by atoms with E-state index in [2.05, 4.69) is 27.8 Å². The number of benzene rings is 2. The third-order valence-corrected chi connectivity index (χ3v) is 4.10. The van der Waals surface area contributed by atoms with Gasteiger partial charge in [0.2, 0.25) is 0 Å². The van der Waals surface area contributed by atoms with Crippen molar-refractivity contribution in [2.45, 2.75) is 26.4 Å². The average Bonchev–Trinajstić information content (AvgIpc) is 2.71. The van der Waals surface area contributed by atoms with E-state index in [1.807, 2.05) is 50.2 Å². The molecule has 0 aliphatic rings. The molecule has 0 fully saturated rings. The van der Waals surface area contributed by atoms with Gasteiger partial charge in [0.05, 0.1) is 13.7 Å². The zero-order valence-corrected chi connectivity index (χ0v) is 19.7. The number of methoxy groups -OCH3 is 1. The largest absolute Gasteiger partial charge is 0.497 e. The monoisotopic (exact) mass is 513 g/mol. The summed E-state index contributed by atoms with van der Waals surface area (Å²) in [6, 6.07) is 15.8. The third-order valence-electron chi connectivity index (χ3n) is 4.10. The van der Waals surface area contributed by atoms with E-state index in [0.717, 1.165) is 36.6 Å². The highest BCUT2D eigenvalue weighted by molar-refractivity contribution is 14.0. The minimum Gasteiger partial charge on any atom is -0.497 e. The molecule has 3 N–H and O–H groups in total. The lowest BCUT2D eigenvalue weighted by molar-refractivity contribution is 0.114. The van der Waals surface area contributed by atoms with Crippen molar-refractivity contribution in [3.63, 3.8) is 0 Å². The van der Waals surface area contributed by atoms with Crippen molar-refractivity contribution in [2.24, 2.45) is 4.99 Å². The van der Waals surface area contributed by atoms with E-state index in [9.17, 15) is 5.11 Å². The number of hydrogen-bond acceptors (Lipinski definition) is 4. The van der Waals surface area contributed by atoms with E-state index in [1.54, 1.807) is 7.11 Å². The number of ether oxygens (including phenoxy) is 2. The first-order valence-corrected chi connectivity index (χ1v) is 9.63. The van der Waals surface area contributed by atoms with Crippen LogP contribution in [-0.2, 0) is 6.42 Å². The molecule has 0 saturated heterocycles. The summed E-state index contributed by atoms with van der Waals surface area (Å²) < 4.78 is 10.8. The Labute approximate surface area is 190 Å². The Morgan fingerprint density at radius 1 is 1.10 bits per heavy atom. The summed E-state index contributed by atoms with van der Waals surface area (Å²) in [7, 11) is 1.66. The Hall–Kier alpha value is -2.00. The fraction of sp³-hybridized carbons (Fsp3) is 0.409. The van der Waals surface area contributed by atoms with Crippen molar-refractivity contribution in [2.75, 3.05) is 33.4 Å². The van der Waals surface area contributed by atoms with Crippen LogP contribution in [-0.4, -0.2) is 50.5 Å². The second-order valence-electron chi connectivity index (χ2n) is 6.53. The maximum atomic E-state index is 10.2. The Morgan fingerprint density at radius 3 is 2.52 bits per heavy atom. The molecule has 0 aromatic heterocycles. The minimum atomic E-state index is -0.669. The van der Waals surface area contributed by atoms with Gasteiger partial charge in [-0.2, -0.15) is 0 Å². The topological polar surface area (TPSA) is 75.1 Å². The van der Waals surface area contributed by atoms with Crippen molar-refractivity contribution in [1.82, 2.24) is 10.6 Å². The van der Waals surface area contributed by atoms with Crippen LogP contribution in [0.2, 0.25) is 0 Å². The molecule has 0 spiro atoms. The summed E-state index contributed by atoms with van der Waals surface area (Å²) in [4.78, 5) is 4.45. The molecule has 0 aliphatic heterocycles. The van der Waals surface area contributed by atoms with Crippen molar-refractivity contribution < 1.29 is 14.6 Å². The van der Waals surface area contributed by atoms with Gasteiger partial charge in [-0.3, -0.25) is 4.99 Å². The number of halogens is 1. The number of nitrogens with zero attached hydrogens (tertiary/aromatic N) is 1. The SMILES string of the molecule is CCNC(=NCC(O)COc1cccc(C)c1)NCCc1ccc(OC)cc1.I. The number of aliphatic imine (C=N–C) groups is 1. The smallest absolute Gasteiger partial charge is 0.191 e. The molecule has 0 aliphatic carbocycles. The van der Waals surface area contributed by atoms with Gasteiger partial charge in [0.25, 0.3) is 0 Å². The number of aliphatic hydroxyl groups excluding tert-OH is 1. The first-order valence-electron chi connectivity index (χ1n) is 9.63. The van der Waals surface area contributed by atoms with Crippen LogP contribution in [0, 0.1) is 6.92 Å². The molecule has 0 radical (unpaired) electrons. The fourth-order valence-corrected chi connectivity index (χ4v) is 2.61. The predicted octanol–water partition coefficient (Wildman–Crippen LogP) is 3.16. The maximum absolute atomic E-state index is 10.2. The molecule has 2 rings (SSSR count). The molecule has 160 valence electrons. The number of guanidine groups is 1. The first kappa shape index (κ1) is 25.0. The standard InChI is InChI=1S/C22H31N3O3.HI/c1-4-23-22(24-13-12-18-8-10-20(27-3)11-9-18)25-15-19(26)16-28-21-7-5-6-17(2)14-21;/h5-11,14,19,26H,4,12-13,15-16H2,1-3H3,(H2,23,24,25);1H. The first-order chi connectivity index (χ1) is 13.6. The summed E-state index contributed by atoms with van der Waals surface area (Å²) in [5.41, 5.74) is 2.34. The molecule has 1 unspecified atom stereocenters. The second-order valence-corrected chi connectivity index (χ2v) is 6.53. The average molecular weight is 513 g/mol. The van der Waals surface area contributed by atoms with Crippen molar-refractivity contribution in [1.29, 1.82) is 0 Å². The van der Waals surface area contributed by atoms with Crippen LogP contribution in [0.15, 0.2) is 53.5 Å². The predicted molar refractivity (Wildman–Crippen MR) is 129 cm³/mol. The highest BCUT2D eigenvalue weighted by atomic mass is 127. The number of aryl methyl sites for hydroxylation is 1. The van der Waals surface area contributed by atoms with Gasteiger partial charge in [0, 0.05) is 13.1 Å². The summed E-state index contributed by atoms with van der Waals surface area (Å²) in [6.45, 7) is 5.99. The number of rotatable bonds is 10. The summed E-state index contributed by atoms with van der Waals surface area (Å²) in [5.74, 6) is 2.30. The summed E-state index contributed by atoms with van der Waals surface area (Å²) in [5, 5.41) is 16.6. The van der Waals surface area contributed by atoms with Crippen LogP contribution in [0.5, 0.6) is 11.5 Å². The van der Waals surface area contributed by atoms with Crippen LogP contribution in [0.1, 0.15) is 18.1 Å². The third kappa shape index (κ3) is 9.85. The Kier molecular flexibility index (Phi) is 12.1. The van der Waals surface area contributed by atoms with E-state index in [0.29, 0.717) is 5.96 Å². The van der Waals surface area contributed by atoms with Gasteiger partial charge in [0.1, 0.15) is 24.2 Å². The zero-order valence-electron chi connectivity index (χ0n) is 17.4. The molecule has 2 aromatic carbocycles. The van der Waals surface area contributed by atoms with E-state index in [4.69, 9.17) is 9.47 Å². The lowest BCUT2D eigenvalue weighted by Crippen LogP contribution is -2.39. The summed E-state index contributed by atoms with van der Waals surface area (Å²) >= 11 is 0. The Balaban J connectivity index is 0.00000420. The van der Waals surface area contributed by atoms with Crippen LogP contribution >= 0.6 is 24.0 Å². The van der Waals surface area contributed by atoms with E-state index in [-0.39, 0.29) is 37.1 Å². The lowest BCUT2D eigenvalue weighted by atomic mass is 10.1. The highest BCUT2D eigenvalue weighted by Crippen LogP contribution is 2.13. The lowest BCUT2D eigenvalue weighted by Gasteiger charge is -2.14. The molecule has 0 heterocycles. The molecule has 6 nitrogen and oxygen atoms in total. The molecule has 0 bridgehead atoms.